The molecule has 0 fully saturated rings. The van der Waals surface area contributed by atoms with Gasteiger partial charge in [-0.3, -0.25) is 0 Å². The van der Waals surface area contributed by atoms with Crippen LogP contribution in [0.4, 0.5) is 18.9 Å². The van der Waals surface area contributed by atoms with Crippen molar-refractivity contribution in [3.05, 3.63) is 107 Å². The van der Waals surface area contributed by atoms with Crippen molar-refractivity contribution in [1.82, 2.24) is 0 Å². The van der Waals surface area contributed by atoms with Crippen LogP contribution in [-0.4, -0.2) is 6.18 Å². The molecule has 0 radical (unpaired) electrons. The number of hydrogen-bond donors (Lipinski definition) is 0. The molecule has 1 unspecified atom stereocenters. The Morgan fingerprint density at radius 1 is 0.821 bits per heavy atom. The molecule has 0 aromatic heterocycles. The maximum Gasteiger partial charge on any atom is 0.426 e. The Balaban J connectivity index is 1.83. The Morgan fingerprint density at radius 3 is 2.29 bits per heavy atom. The molecular formula is C23H16F3NO. The van der Waals surface area contributed by atoms with Crippen LogP contribution in [-0.2, 0) is 10.3 Å². The highest BCUT2D eigenvalue weighted by Gasteiger charge is 2.63. The number of nitrogens with zero attached hydrogens (tertiary/aromatic N) is 1. The van der Waals surface area contributed by atoms with E-state index in [0.717, 1.165) is 5.56 Å². The number of para-hydroxylation sites is 1. The summed E-state index contributed by atoms with van der Waals surface area (Å²) in [6, 6.07) is 21.8. The molecule has 2 nitrogen and oxygen atoms in total. The molecule has 2 aliphatic heterocycles. The summed E-state index contributed by atoms with van der Waals surface area (Å²) < 4.78 is 50.2. The number of rotatable bonds is 1. The standard InChI is InChI=1S/C23H16F3NO/c24-23(25,26)22(17-9-2-1-3-10-17)19-12-6-7-13-20(19)27-15-14-16-8-4-5-11-18(16)21(27)28-22/h1-15,21H/t21?,22-/m1/s1. The number of fused-ring (bicyclic) bond motifs is 5. The average Bonchev–Trinajstić information content (AvgIpc) is 2.72. The molecule has 0 saturated heterocycles. The Labute approximate surface area is 160 Å². The lowest BCUT2D eigenvalue weighted by Crippen LogP contribution is -2.52. The van der Waals surface area contributed by atoms with E-state index in [9.17, 15) is 13.2 Å². The number of alkyl halides is 3. The summed E-state index contributed by atoms with van der Waals surface area (Å²) >= 11 is 0. The number of hydrogen-bond acceptors (Lipinski definition) is 2. The normalized spacial score (nSPS) is 23.0. The van der Waals surface area contributed by atoms with Crippen molar-refractivity contribution in [3.63, 3.8) is 0 Å². The monoisotopic (exact) mass is 379 g/mol. The summed E-state index contributed by atoms with van der Waals surface area (Å²) in [5.41, 5.74) is -0.331. The van der Waals surface area contributed by atoms with Crippen LogP contribution < -0.4 is 4.90 Å². The first-order valence-corrected chi connectivity index (χ1v) is 8.97. The fourth-order valence-electron chi connectivity index (χ4n) is 4.11. The van der Waals surface area contributed by atoms with Crippen LogP contribution in [0.15, 0.2) is 85.1 Å². The highest BCUT2D eigenvalue weighted by molar-refractivity contribution is 5.71. The lowest BCUT2D eigenvalue weighted by Gasteiger charge is -2.49. The zero-order valence-corrected chi connectivity index (χ0v) is 14.7. The quantitative estimate of drug-likeness (QED) is 0.513. The SMILES string of the molecule is FC(F)(F)[C@]1(c2ccccc2)OC2c3ccccc3C=CN2c2ccccc21. The van der Waals surface area contributed by atoms with Crippen molar-refractivity contribution in [2.24, 2.45) is 0 Å². The molecule has 3 aromatic rings. The van der Waals surface area contributed by atoms with Crippen LogP contribution in [0, 0.1) is 0 Å². The van der Waals surface area contributed by atoms with Crippen LogP contribution in [0.3, 0.4) is 0 Å². The Hall–Kier alpha value is -3.05. The molecule has 0 spiro atoms. The summed E-state index contributed by atoms with van der Waals surface area (Å²) in [5, 5.41) is 0. The van der Waals surface area contributed by atoms with E-state index >= 15 is 0 Å². The number of benzene rings is 3. The fourth-order valence-corrected chi connectivity index (χ4v) is 4.11. The summed E-state index contributed by atoms with van der Waals surface area (Å²) in [4.78, 5) is 1.77. The maximum absolute atomic E-state index is 14.7. The van der Waals surface area contributed by atoms with Gasteiger partial charge >= 0.3 is 6.18 Å². The summed E-state index contributed by atoms with van der Waals surface area (Å²) in [5.74, 6) is 0. The molecule has 5 heteroatoms. The first-order chi connectivity index (χ1) is 13.5. The van der Waals surface area contributed by atoms with Crippen molar-refractivity contribution in [2.75, 3.05) is 4.90 Å². The minimum absolute atomic E-state index is 0.0710. The van der Waals surface area contributed by atoms with Crippen molar-refractivity contribution in [3.8, 4) is 0 Å². The predicted octanol–water partition coefficient (Wildman–Crippen LogP) is 6.01. The lowest BCUT2D eigenvalue weighted by molar-refractivity contribution is -0.284. The van der Waals surface area contributed by atoms with E-state index in [1.807, 2.05) is 30.3 Å². The zero-order chi connectivity index (χ0) is 19.4. The third kappa shape index (κ3) is 2.26. The Morgan fingerprint density at radius 2 is 1.50 bits per heavy atom. The number of halogens is 3. The van der Waals surface area contributed by atoms with E-state index in [4.69, 9.17) is 4.74 Å². The fraction of sp³-hybridized carbons (Fsp3) is 0.130. The van der Waals surface area contributed by atoms with Crippen LogP contribution in [0.25, 0.3) is 6.08 Å². The van der Waals surface area contributed by atoms with Gasteiger partial charge in [-0.05, 0) is 23.3 Å². The van der Waals surface area contributed by atoms with Gasteiger partial charge in [0.2, 0.25) is 5.60 Å². The van der Waals surface area contributed by atoms with Crippen LogP contribution in [0.2, 0.25) is 0 Å². The van der Waals surface area contributed by atoms with Gasteiger partial charge < -0.3 is 9.64 Å². The average molecular weight is 379 g/mol. The van der Waals surface area contributed by atoms with E-state index in [1.54, 1.807) is 47.5 Å². The van der Waals surface area contributed by atoms with E-state index < -0.39 is 18.0 Å². The van der Waals surface area contributed by atoms with E-state index in [0.29, 0.717) is 11.3 Å². The number of anilines is 1. The second-order valence-electron chi connectivity index (χ2n) is 6.88. The first-order valence-electron chi connectivity index (χ1n) is 8.97. The number of ether oxygens (including phenoxy) is 1. The van der Waals surface area contributed by atoms with E-state index in [2.05, 4.69) is 0 Å². The molecule has 28 heavy (non-hydrogen) atoms. The van der Waals surface area contributed by atoms with Crippen molar-refractivity contribution >= 4 is 11.8 Å². The van der Waals surface area contributed by atoms with Gasteiger partial charge in [-0.2, -0.15) is 13.2 Å². The Kier molecular flexibility index (Phi) is 3.64. The molecule has 140 valence electrons. The molecule has 5 rings (SSSR count). The van der Waals surface area contributed by atoms with Gasteiger partial charge in [-0.25, -0.2) is 0 Å². The second-order valence-corrected chi connectivity index (χ2v) is 6.88. The minimum Gasteiger partial charge on any atom is -0.328 e. The predicted molar refractivity (Wildman–Crippen MR) is 102 cm³/mol. The van der Waals surface area contributed by atoms with Crippen molar-refractivity contribution in [1.29, 1.82) is 0 Å². The molecule has 2 aliphatic rings. The van der Waals surface area contributed by atoms with E-state index in [1.165, 1.54) is 18.2 Å². The summed E-state index contributed by atoms with van der Waals surface area (Å²) in [6.45, 7) is 0. The molecule has 0 aliphatic carbocycles. The van der Waals surface area contributed by atoms with Gasteiger partial charge in [0.15, 0.2) is 6.23 Å². The zero-order valence-electron chi connectivity index (χ0n) is 14.7. The minimum atomic E-state index is -4.65. The molecule has 2 atom stereocenters. The summed E-state index contributed by atoms with van der Waals surface area (Å²) in [7, 11) is 0. The smallest absolute Gasteiger partial charge is 0.328 e. The molecule has 0 N–H and O–H groups in total. The molecule has 3 aromatic carbocycles. The maximum atomic E-state index is 14.7. The molecule has 0 amide bonds. The second kappa shape index (κ2) is 5.97. The highest BCUT2D eigenvalue weighted by atomic mass is 19.4. The molecule has 2 heterocycles. The Bertz CT molecular complexity index is 1060. The van der Waals surface area contributed by atoms with Gasteiger partial charge in [0.25, 0.3) is 0 Å². The topological polar surface area (TPSA) is 12.5 Å². The third-order valence-corrected chi connectivity index (χ3v) is 5.36. The highest BCUT2D eigenvalue weighted by Crippen LogP contribution is 2.57. The van der Waals surface area contributed by atoms with E-state index in [-0.39, 0.29) is 11.1 Å². The van der Waals surface area contributed by atoms with Gasteiger partial charge in [0.05, 0.1) is 5.69 Å². The molecule has 0 bridgehead atoms. The van der Waals surface area contributed by atoms with Crippen LogP contribution >= 0.6 is 0 Å². The largest absolute Gasteiger partial charge is 0.426 e. The molecular weight excluding hydrogens is 363 g/mol. The molecule has 0 saturated carbocycles. The van der Waals surface area contributed by atoms with Gasteiger partial charge in [-0.1, -0.05) is 72.8 Å². The van der Waals surface area contributed by atoms with Crippen LogP contribution in [0.1, 0.15) is 28.5 Å². The third-order valence-electron chi connectivity index (χ3n) is 5.36. The first kappa shape index (κ1) is 17.1. The van der Waals surface area contributed by atoms with Crippen molar-refractivity contribution < 1.29 is 17.9 Å². The van der Waals surface area contributed by atoms with Crippen molar-refractivity contribution in [2.45, 2.75) is 18.0 Å². The van der Waals surface area contributed by atoms with Gasteiger partial charge in [-0.15, -0.1) is 0 Å². The van der Waals surface area contributed by atoms with Crippen LogP contribution in [0.5, 0.6) is 0 Å². The summed E-state index contributed by atoms with van der Waals surface area (Å²) in [6.07, 6.45) is -1.84. The lowest BCUT2D eigenvalue weighted by atomic mass is 9.81. The van der Waals surface area contributed by atoms with Gasteiger partial charge in [0.1, 0.15) is 0 Å². The van der Waals surface area contributed by atoms with Gasteiger partial charge in [0, 0.05) is 17.3 Å².